The Balaban J connectivity index is 1.14. The molecule has 7 aliphatic rings. The highest BCUT2D eigenvalue weighted by Gasteiger charge is 2.60. The highest BCUT2D eigenvalue weighted by Crippen LogP contribution is 2.41. The highest BCUT2D eigenvalue weighted by molar-refractivity contribution is 7.86. The summed E-state index contributed by atoms with van der Waals surface area (Å²) in [6.45, 7) is 0. The number of ether oxygens (including phenoxy) is 2. The molecule has 0 radical (unpaired) electrons. The summed E-state index contributed by atoms with van der Waals surface area (Å²) < 4.78 is 41.7. The second-order valence-electron chi connectivity index (χ2n) is 13.3. The minimum absolute atomic E-state index is 0.0210. The molecule has 9 rings (SSSR count). The molecular weight excluding hydrogens is 597 g/mol. The van der Waals surface area contributed by atoms with E-state index < -0.39 is 21.6 Å². The first kappa shape index (κ1) is 28.3. The largest absolute Gasteiger partial charge is 0.356 e. The van der Waals surface area contributed by atoms with Crippen molar-refractivity contribution in [3.63, 3.8) is 0 Å². The molecule has 2 aliphatic carbocycles. The molecular formula is C32H42N6O4S2. The summed E-state index contributed by atoms with van der Waals surface area (Å²) in [4.78, 5) is 4.76. The van der Waals surface area contributed by atoms with Crippen molar-refractivity contribution in [2.24, 2.45) is 0 Å². The van der Waals surface area contributed by atoms with Crippen LogP contribution in [0.15, 0.2) is 60.7 Å². The third-order valence-electron chi connectivity index (χ3n) is 10.8. The zero-order valence-electron chi connectivity index (χ0n) is 24.7. The Labute approximate surface area is 263 Å². The Hall–Kier alpha value is -1.90. The molecule has 4 N–H and O–H groups in total. The Morgan fingerprint density at radius 3 is 1.36 bits per heavy atom. The Morgan fingerprint density at radius 2 is 0.932 bits per heavy atom. The van der Waals surface area contributed by atoms with Crippen LogP contribution in [0.3, 0.4) is 0 Å². The fourth-order valence-corrected chi connectivity index (χ4v) is 12.7. The van der Waals surface area contributed by atoms with Crippen LogP contribution in [0.5, 0.6) is 0 Å². The summed E-state index contributed by atoms with van der Waals surface area (Å²) in [7, 11) is -2.18. The van der Waals surface area contributed by atoms with E-state index in [9.17, 15) is 8.42 Å². The van der Waals surface area contributed by atoms with Crippen molar-refractivity contribution in [1.82, 2.24) is 21.3 Å². The predicted octanol–water partition coefficient (Wildman–Crippen LogP) is 2.19. The molecule has 14 atom stereocenters. The fraction of sp³-hybridized carbons (Fsp3) is 0.625. The number of fused-ring (bicyclic) bond motifs is 6. The molecule has 12 heteroatoms. The molecule has 5 aliphatic heterocycles. The van der Waals surface area contributed by atoms with Gasteiger partial charge >= 0.3 is 0 Å². The van der Waals surface area contributed by atoms with Crippen LogP contribution in [0, 0.1) is 0 Å². The lowest BCUT2D eigenvalue weighted by atomic mass is 9.96. The van der Waals surface area contributed by atoms with Crippen LogP contribution >= 0.6 is 0 Å². The van der Waals surface area contributed by atoms with Crippen LogP contribution in [0.1, 0.15) is 51.4 Å². The number of hydrogen-bond acceptors (Lipinski definition) is 10. The van der Waals surface area contributed by atoms with E-state index in [4.69, 9.17) is 9.47 Å². The lowest BCUT2D eigenvalue weighted by molar-refractivity contribution is -0.0986. The van der Waals surface area contributed by atoms with Crippen LogP contribution in [-0.4, -0.2) is 79.0 Å². The van der Waals surface area contributed by atoms with E-state index in [0.717, 1.165) is 62.7 Å². The van der Waals surface area contributed by atoms with Gasteiger partial charge < -0.3 is 19.3 Å². The standard InChI is InChI=1S/C32H42N6O4S2/c39-43-23-17-9-7-15-21(23)41-29-31(43)35-27-25(33-29)37(19-11-3-1-4-12-19)26-28(38(27)20-13-5-2-6-14-20)36-32-30(34-26)42-22-16-8-10-18-24(22)44(32)40/h1-6,11-14,21-36H,7-10,15-18H2. The minimum atomic E-state index is -1.09. The van der Waals surface area contributed by atoms with E-state index in [0.29, 0.717) is 0 Å². The molecule has 14 unspecified atom stereocenters. The van der Waals surface area contributed by atoms with E-state index >= 15 is 0 Å². The van der Waals surface area contributed by atoms with Crippen LogP contribution < -0.4 is 31.1 Å². The van der Waals surface area contributed by atoms with Crippen LogP contribution in [0.25, 0.3) is 0 Å². The van der Waals surface area contributed by atoms with E-state index in [-0.39, 0.29) is 70.6 Å². The van der Waals surface area contributed by atoms with Gasteiger partial charge in [0.25, 0.3) is 0 Å². The second kappa shape index (κ2) is 11.4. The highest BCUT2D eigenvalue weighted by atomic mass is 32.2. The molecule has 2 saturated carbocycles. The van der Waals surface area contributed by atoms with Crippen molar-refractivity contribution in [1.29, 1.82) is 0 Å². The number of nitrogens with zero attached hydrogens (tertiary/aromatic N) is 2. The van der Waals surface area contributed by atoms with Crippen LogP contribution in [0.2, 0.25) is 0 Å². The van der Waals surface area contributed by atoms with Gasteiger partial charge in [-0.15, -0.1) is 0 Å². The van der Waals surface area contributed by atoms with Gasteiger partial charge in [-0.3, -0.25) is 29.7 Å². The molecule has 0 bridgehead atoms. The Kier molecular flexibility index (Phi) is 7.35. The number of anilines is 2. The molecule has 10 nitrogen and oxygen atoms in total. The van der Waals surface area contributed by atoms with Gasteiger partial charge in [-0.2, -0.15) is 0 Å². The second-order valence-corrected chi connectivity index (χ2v) is 16.8. The quantitative estimate of drug-likeness (QED) is 0.391. The van der Waals surface area contributed by atoms with Gasteiger partial charge in [-0.05, 0) is 49.9 Å². The summed E-state index contributed by atoms with van der Waals surface area (Å²) in [5.74, 6) is 0. The average Bonchev–Trinajstić information content (AvgIpc) is 3.07. The van der Waals surface area contributed by atoms with Crippen molar-refractivity contribution in [2.45, 2.75) is 122 Å². The number of para-hydroxylation sites is 2. The van der Waals surface area contributed by atoms with Gasteiger partial charge in [0.15, 0.2) is 0 Å². The monoisotopic (exact) mass is 638 g/mol. The van der Waals surface area contributed by atoms with Gasteiger partial charge in [-0.1, -0.05) is 62.1 Å². The first-order chi connectivity index (χ1) is 21.7. The third kappa shape index (κ3) is 4.55. The van der Waals surface area contributed by atoms with Crippen molar-refractivity contribution >= 4 is 33.0 Å². The van der Waals surface area contributed by atoms with E-state index in [2.05, 4.69) is 79.6 Å². The molecule has 0 aromatic heterocycles. The van der Waals surface area contributed by atoms with Gasteiger partial charge in [0.1, 0.15) is 47.9 Å². The van der Waals surface area contributed by atoms with Gasteiger partial charge in [0.05, 0.1) is 22.7 Å². The molecule has 2 aromatic rings. The number of hydrogen-bond donors (Lipinski definition) is 4. The van der Waals surface area contributed by atoms with Gasteiger partial charge in [-0.25, -0.2) is 0 Å². The number of rotatable bonds is 2. The zero-order valence-corrected chi connectivity index (χ0v) is 26.3. The molecule has 7 fully saturated rings. The molecule has 5 saturated heterocycles. The van der Waals surface area contributed by atoms with Crippen molar-refractivity contribution < 1.29 is 17.9 Å². The fourth-order valence-electron chi connectivity index (χ4n) is 8.83. The summed E-state index contributed by atoms with van der Waals surface area (Å²) >= 11 is 0. The molecule has 236 valence electrons. The van der Waals surface area contributed by atoms with Gasteiger partial charge in [0, 0.05) is 33.0 Å². The molecule has 0 spiro atoms. The van der Waals surface area contributed by atoms with Crippen LogP contribution in [0.4, 0.5) is 11.4 Å². The maximum Gasteiger partial charge on any atom is 0.137 e. The first-order valence-corrected chi connectivity index (χ1v) is 19.0. The summed E-state index contributed by atoms with van der Waals surface area (Å²) in [6, 6.07) is 20.9. The first-order valence-electron chi connectivity index (χ1n) is 16.5. The lowest BCUT2D eigenvalue weighted by Gasteiger charge is -2.64. The molecule has 2 aromatic carbocycles. The van der Waals surface area contributed by atoms with Crippen LogP contribution in [-0.2, 0) is 31.1 Å². The SMILES string of the molecule is O=S1C2CCCCC2OC2NC3C(NC21)N(c1ccccc1)C1NC2C(NC1N3c1ccccc1)OC1CCCCC1S2=O. The normalized spacial score (nSPS) is 46.4. The van der Waals surface area contributed by atoms with Crippen molar-refractivity contribution in [3.8, 4) is 0 Å². The molecule has 5 heterocycles. The maximum atomic E-state index is 14.1. The number of benzene rings is 2. The van der Waals surface area contributed by atoms with E-state index in [1.54, 1.807) is 0 Å². The van der Waals surface area contributed by atoms with Gasteiger partial charge in [0.2, 0.25) is 0 Å². The van der Waals surface area contributed by atoms with E-state index in [1.165, 1.54) is 0 Å². The zero-order chi connectivity index (χ0) is 29.4. The summed E-state index contributed by atoms with van der Waals surface area (Å²) in [6.07, 6.45) is 6.62. The van der Waals surface area contributed by atoms with Crippen molar-refractivity contribution in [2.75, 3.05) is 9.80 Å². The lowest BCUT2D eigenvalue weighted by Crippen LogP contribution is -2.90. The van der Waals surface area contributed by atoms with Crippen molar-refractivity contribution in [3.05, 3.63) is 60.7 Å². The minimum Gasteiger partial charge on any atom is -0.356 e. The smallest absolute Gasteiger partial charge is 0.137 e. The Morgan fingerprint density at radius 1 is 0.545 bits per heavy atom. The Bertz CT molecular complexity index is 1340. The van der Waals surface area contributed by atoms with E-state index in [1.807, 2.05) is 12.1 Å². The summed E-state index contributed by atoms with van der Waals surface area (Å²) in [5, 5.41) is 14.9. The molecule has 44 heavy (non-hydrogen) atoms. The number of piperazine rings is 3. The maximum absolute atomic E-state index is 14.1. The third-order valence-corrected chi connectivity index (χ3v) is 14.9. The topological polar surface area (TPSA) is 107 Å². The number of nitrogens with one attached hydrogen (secondary N) is 4. The molecule has 0 amide bonds. The summed E-state index contributed by atoms with van der Waals surface area (Å²) in [5.41, 5.74) is 2.10. The average molecular weight is 639 g/mol. The predicted molar refractivity (Wildman–Crippen MR) is 171 cm³/mol.